The first-order valence-electron chi connectivity index (χ1n) is 7.07. The third-order valence-corrected chi connectivity index (χ3v) is 4.51. The van der Waals surface area contributed by atoms with E-state index in [1.807, 2.05) is 37.6 Å². The van der Waals surface area contributed by atoms with E-state index in [9.17, 15) is 4.39 Å². The van der Waals surface area contributed by atoms with Gasteiger partial charge in [0.05, 0.1) is 11.9 Å². The molecule has 0 aliphatic heterocycles. The molecule has 3 rings (SSSR count). The minimum absolute atomic E-state index is 0.0319. The van der Waals surface area contributed by atoms with Crippen molar-refractivity contribution in [2.75, 3.05) is 7.05 Å². The van der Waals surface area contributed by atoms with Crippen LogP contribution in [0.5, 0.6) is 0 Å². The molecule has 0 bridgehead atoms. The van der Waals surface area contributed by atoms with E-state index in [1.165, 1.54) is 6.07 Å². The van der Waals surface area contributed by atoms with Crippen molar-refractivity contribution in [3.8, 4) is 10.8 Å². The number of hydrogen-bond donors (Lipinski definition) is 1. The van der Waals surface area contributed by atoms with Crippen molar-refractivity contribution in [2.45, 2.75) is 19.5 Å². The third kappa shape index (κ3) is 3.23. The maximum atomic E-state index is 13.3. The normalized spacial score (nSPS) is 14.0. The fourth-order valence-electron chi connectivity index (χ4n) is 2.24. The van der Waals surface area contributed by atoms with Crippen LogP contribution in [-0.4, -0.2) is 17.2 Å². The maximum Gasteiger partial charge on any atom is 0.274 e. The summed E-state index contributed by atoms with van der Waals surface area (Å²) in [6.45, 7) is 2.72. The van der Waals surface area contributed by atoms with E-state index in [0.29, 0.717) is 18.3 Å². The summed E-state index contributed by atoms with van der Waals surface area (Å²) in [6.07, 6.45) is 0. The summed E-state index contributed by atoms with van der Waals surface area (Å²) in [5.41, 5.74) is 0.947. The molecule has 0 fully saturated rings. The van der Waals surface area contributed by atoms with Crippen LogP contribution in [0.3, 0.4) is 0 Å². The Bertz CT molecular complexity index is 741. The molecule has 0 radical (unpaired) electrons. The van der Waals surface area contributed by atoms with Crippen LogP contribution >= 0.6 is 11.3 Å². The standard InChI is InChI=1S/C16H16FN3OS/c1-11(20(2)10-12-5-3-6-13(17)9-12)15-18-19-16(21-15)14-7-4-8-22-14/h3-9,11H,10H2,1-2H3/p+1/t11-/m1/s1. The molecule has 1 N–H and O–H groups in total. The molecule has 2 aromatic heterocycles. The number of benzene rings is 1. The summed E-state index contributed by atoms with van der Waals surface area (Å²) in [7, 11) is 2.03. The molecule has 0 aliphatic carbocycles. The Balaban J connectivity index is 1.72. The summed E-state index contributed by atoms with van der Waals surface area (Å²) in [5, 5.41) is 10.2. The Morgan fingerprint density at radius 3 is 2.86 bits per heavy atom. The summed E-state index contributed by atoms with van der Waals surface area (Å²) in [4.78, 5) is 2.13. The molecule has 0 saturated carbocycles. The molecule has 0 aliphatic rings. The Morgan fingerprint density at radius 1 is 1.27 bits per heavy atom. The number of quaternary nitrogens is 1. The second-order valence-electron chi connectivity index (χ2n) is 5.30. The number of nitrogens with one attached hydrogen (secondary N) is 1. The quantitative estimate of drug-likeness (QED) is 0.786. The van der Waals surface area contributed by atoms with E-state index in [2.05, 4.69) is 10.2 Å². The van der Waals surface area contributed by atoms with Gasteiger partial charge in [0.1, 0.15) is 12.4 Å². The second kappa shape index (κ2) is 6.37. The fourth-order valence-corrected chi connectivity index (χ4v) is 2.89. The number of hydrogen-bond acceptors (Lipinski definition) is 4. The number of nitrogens with zero attached hydrogens (tertiary/aromatic N) is 2. The first-order valence-corrected chi connectivity index (χ1v) is 7.95. The highest BCUT2D eigenvalue weighted by Gasteiger charge is 2.23. The van der Waals surface area contributed by atoms with Crippen molar-refractivity contribution >= 4 is 11.3 Å². The third-order valence-electron chi connectivity index (χ3n) is 3.65. The predicted molar refractivity (Wildman–Crippen MR) is 83.0 cm³/mol. The average Bonchev–Trinajstić information content (AvgIpc) is 3.17. The van der Waals surface area contributed by atoms with E-state index in [0.717, 1.165) is 15.3 Å². The maximum absolute atomic E-state index is 13.3. The molecule has 0 amide bonds. The largest absolute Gasteiger partial charge is 0.414 e. The highest BCUT2D eigenvalue weighted by molar-refractivity contribution is 7.13. The topological polar surface area (TPSA) is 43.4 Å². The Labute approximate surface area is 132 Å². The zero-order valence-corrected chi connectivity index (χ0v) is 13.2. The van der Waals surface area contributed by atoms with Gasteiger partial charge in [-0.2, -0.15) is 0 Å². The second-order valence-corrected chi connectivity index (χ2v) is 6.25. The number of aromatic nitrogens is 2. The van der Waals surface area contributed by atoms with Gasteiger partial charge in [0.15, 0.2) is 6.04 Å². The van der Waals surface area contributed by atoms with Gasteiger partial charge >= 0.3 is 0 Å². The lowest BCUT2D eigenvalue weighted by Gasteiger charge is -2.18. The van der Waals surface area contributed by atoms with Crippen LogP contribution in [0.25, 0.3) is 10.8 Å². The monoisotopic (exact) mass is 318 g/mol. The van der Waals surface area contributed by atoms with Crippen molar-refractivity contribution in [3.63, 3.8) is 0 Å². The smallest absolute Gasteiger partial charge is 0.274 e. The SMILES string of the molecule is C[C@H](c1nnc(-c2cccs2)o1)[NH+](C)Cc1cccc(F)c1. The molecule has 22 heavy (non-hydrogen) atoms. The molecule has 2 atom stereocenters. The van der Waals surface area contributed by atoms with Crippen molar-refractivity contribution in [2.24, 2.45) is 0 Å². The molecule has 0 spiro atoms. The predicted octanol–water partition coefficient (Wildman–Crippen LogP) is 2.71. The van der Waals surface area contributed by atoms with Crippen molar-refractivity contribution in [3.05, 3.63) is 59.0 Å². The summed E-state index contributed by atoms with van der Waals surface area (Å²) < 4.78 is 19.0. The van der Waals surface area contributed by atoms with Crippen molar-refractivity contribution < 1.29 is 13.7 Å². The fraction of sp³-hybridized carbons (Fsp3) is 0.250. The van der Waals surface area contributed by atoms with E-state index in [1.54, 1.807) is 23.5 Å². The van der Waals surface area contributed by atoms with Crippen molar-refractivity contribution in [1.29, 1.82) is 0 Å². The Hall–Kier alpha value is -2.05. The molecular formula is C16H17FN3OS+. The summed E-state index contributed by atoms with van der Waals surface area (Å²) in [6, 6.07) is 10.6. The number of halogens is 1. The lowest BCUT2D eigenvalue weighted by atomic mass is 10.2. The molecule has 1 unspecified atom stereocenters. The van der Waals surface area contributed by atoms with E-state index in [-0.39, 0.29) is 11.9 Å². The molecule has 114 valence electrons. The van der Waals surface area contributed by atoms with Gasteiger partial charge in [-0.05, 0) is 30.5 Å². The van der Waals surface area contributed by atoms with Gasteiger partial charge in [0, 0.05) is 5.56 Å². The molecule has 3 aromatic rings. The van der Waals surface area contributed by atoms with Crippen LogP contribution in [0.4, 0.5) is 4.39 Å². The minimum atomic E-state index is -0.212. The highest BCUT2D eigenvalue weighted by Crippen LogP contribution is 2.24. The van der Waals surface area contributed by atoms with E-state index < -0.39 is 0 Å². The Kier molecular flexibility index (Phi) is 4.31. The van der Waals surface area contributed by atoms with Crippen LogP contribution in [0.1, 0.15) is 24.4 Å². The first kappa shape index (κ1) is 14.9. The van der Waals surface area contributed by atoms with Gasteiger partial charge in [-0.3, -0.25) is 0 Å². The van der Waals surface area contributed by atoms with Crippen molar-refractivity contribution in [1.82, 2.24) is 10.2 Å². The molecule has 6 heteroatoms. The highest BCUT2D eigenvalue weighted by atomic mass is 32.1. The van der Waals surface area contributed by atoms with Gasteiger partial charge in [0.2, 0.25) is 0 Å². The van der Waals surface area contributed by atoms with E-state index >= 15 is 0 Å². The lowest BCUT2D eigenvalue weighted by molar-refractivity contribution is -0.925. The molecular weight excluding hydrogens is 301 g/mol. The zero-order chi connectivity index (χ0) is 15.5. The average molecular weight is 318 g/mol. The number of thiophene rings is 1. The molecule has 1 aromatic carbocycles. The summed E-state index contributed by atoms with van der Waals surface area (Å²) >= 11 is 1.57. The lowest BCUT2D eigenvalue weighted by Crippen LogP contribution is -3.07. The van der Waals surface area contributed by atoms with Gasteiger partial charge in [-0.1, -0.05) is 18.2 Å². The van der Waals surface area contributed by atoms with Gasteiger partial charge < -0.3 is 9.32 Å². The van der Waals surface area contributed by atoms with Crippen LogP contribution in [0.15, 0.2) is 46.2 Å². The van der Waals surface area contributed by atoms with Gasteiger partial charge in [0.25, 0.3) is 11.8 Å². The molecule has 0 saturated heterocycles. The molecule has 2 heterocycles. The zero-order valence-electron chi connectivity index (χ0n) is 12.4. The van der Waals surface area contributed by atoms with Crippen LogP contribution < -0.4 is 4.90 Å². The number of rotatable bonds is 5. The molecule has 4 nitrogen and oxygen atoms in total. The van der Waals surface area contributed by atoms with E-state index in [4.69, 9.17) is 4.42 Å². The van der Waals surface area contributed by atoms with Crippen LogP contribution in [0, 0.1) is 5.82 Å². The van der Waals surface area contributed by atoms with Gasteiger partial charge in [-0.15, -0.1) is 21.5 Å². The minimum Gasteiger partial charge on any atom is -0.414 e. The first-order chi connectivity index (χ1) is 10.6. The van der Waals surface area contributed by atoms with Crippen LogP contribution in [-0.2, 0) is 6.54 Å². The van der Waals surface area contributed by atoms with Crippen LogP contribution in [0.2, 0.25) is 0 Å². The summed E-state index contributed by atoms with van der Waals surface area (Å²) in [5.74, 6) is 0.934. The van der Waals surface area contributed by atoms with Gasteiger partial charge in [-0.25, -0.2) is 4.39 Å². The Morgan fingerprint density at radius 2 is 2.14 bits per heavy atom.